The Balaban J connectivity index is 2.19. The standard InChI is InChI=1S/C11H10N4S2/c1-2-10-14-11(17-15-10)16-8-4-3-7(6-12)9(13)5-8/h3-5H,2,13H2,1H3. The molecule has 0 atom stereocenters. The highest BCUT2D eigenvalue weighted by molar-refractivity contribution is 8.01. The van der Waals surface area contributed by atoms with E-state index >= 15 is 0 Å². The molecule has 2 rings (SSSR count). The summed E-state index contributed by atoms with van der Waals surface area (Å²) < 4.78 is 5.11. The molecule has 1 heterocycles. The van der Waals surface area contributed by atoms with Crippen LogP contribution in [0.1, 0.15) is 18.3 Å². The largest absolute Gasteiger partial charge is 0.398 e. The van der Waals surface area contributed by atoms with Crippen molar-refractivity contribution in [1.29, 1.82) is 5.26 Å². The summed E-state index contributed by atoms with van der Waals surface area (Å²) in [5, 5.41) is 8.78. The number of aryl methyl sites for hydroxylation is 1. The molecule has 0 aliphatic carbocycles. The first-order valence-corrected chi connectivity index (χ1v) is 6.62. The third-order valence-corrected chi connectivity index (χ3v) is 3.89. The van der Waals surface area contributed by atoms with Gasteiger partial charge in [-0.2, -0.15) is 9.64 Å². The van der Waals surface area contributed by atoms with Crippen LogP contribution in [0.15, 0.2) is 27.4 Å². The van der Waals surface area contributed by atoms with E-state index in [1.54, 1.807) is 12.1 Å². The summed E-state index contributed by atoms with van der Waals surface area (Å²) in [5.74, 6) is 0.860. The quantitative estimate of drug-likeness (QED) is 0.861. The minimum Gasteiger partial charge on any atom is -0.398 e. The molecule has 4 nitrogen and oxygen atoms in total. The average molecular weight is 262 g/mol. The van der Waals surface area contributed by atoms with E-state index in [9.17, 15) is 0 Å². The minimum atomic E-state index is 0.498. The van der Waals surface area contributed by atoms with Crippen molar-refractivity contribution in [2.45, 2.75) is 22.6 Å². The van der Waals surface area contributed by atoms with E-state index in [0.29, 0.717) is 11.3 Å². The van der Waals surface area contributed by atoms with Crippen LogP contribution >= 0.6 is 23.3 Å². The van der Waals surface area contributed by atoms with Crippen molar-refractivity contribution in [2.24, 2.45) is 0 Å². The molecule has 0 fully saturated rings. The van der Waals surface area contributed by atoms with Crippen molar-refractivity contribution in [1.82, 2.24) is 9.36 Å². The Morgan fingerprint density at radius 3 is 2.94 bits per heavy atom. The Morgan fingerprint density at radius 2 is 2.35 bits per heavy atom. The van der Waals surface area contributed by atoms with Gasteiger partial charge >= 0.3 is 0 Å². The minimum absolute atomic E-state index is 0.498. The van der Waals surface area contributed by atoms with Crippen LogP contribution in [0.25, 0.3) is 0 Å². The van der Waals surface area contributed by atoms with Gasteiger partial charge in [0.2, 0.25) is 0 Å². The summed E-state index contributed by atoms with van der Waals surface area (Å²) in [6.07, 6.45) is 0.840. The molecule has 6 heteroatoms. The first-order chi connectivity index (χ1) is 8.22. The lowest BCUT2D eigenvalue weighted by molar-refractivity contribution is 0.971. The third-order valence-electron chi connectivity index (χ3n) is 2.11. The second kappa shape index (κ2) is 5.17. The second-order valence-corrected chi connectivity index (χ2v) is 5.37. The summed E-state index contributed by atoms with van der Waals surface area (Å²) in [4.78, 5) is 5.33. The first kappa shape index (κ1) is 11.9. The summed E-state index contributed by atoms with van der Waals surface area (Å²) in [6.45, 7) is 2.02. The van der Waals surface area contributed by atoms with E-state index in [-0.39, 0.29) is 0 Å². The smallest absolute Gasteiger partial charge is 0.174 e. The van der Waals surface area contributed by atoms with E-state index in [1.807, 2.05) is 19.1 Å². The lowest BCUT2D eigenvalue weighted by Gasteiger charge is -2.00. The summed E-state index contributed by atoms with van der Waals surface area (Å²) >= 11 is 2.89. The number of anilines is 1. The highest BCUT2D eigenvalue weighted by Crippen LogP contribution is 2.30. The number of aromatic nitrogens is 2. The second-order valence-electron chi connectivity index (χ2n) is 3.29. The molecule has 0 unspecified atom stereocenters. The molecule has 1 aromatic heterocycles. The third kappa shape index (κ3) is 2.75. The SMILES string of the molecule is CCc1nsc(Sc2ccc(C#N)c(N)c2)n1. The molecule has 0 aliphatic heterocycles. The fraction of sp³-hybridized carbons (Fsp3) is 0.182. The number of hydrogen-bond donors (Lipinski definition) is 1. The number of hydrogen-bond acceptors (Lipinski definition) is 6. The van der Waals surface area contributed by atoms with E-state index in [4.69, 9.17) is 11.0 Å². The van der Waals surface area contributed by atoms with Crippen molar-refractivity contribution in [3.8, 4) is 6.07 Å². The molecular weight excluding hydrogens is 252 g/mol. The molecule has 2 aromatic rings. The molecule has 0 amide bonds. The van der Waals surface area contributed by atoms with E-state index in [0.717, 1.165) is 21.5 Å². The maximum absolute atomic E-state index is 8.78. The molecule has 0 spiro atoms. The van der Waals surface area contributed by atoms with Gasteiger partial charge in [-0.1, -0.05) is 18.7 Å². The molecule has 0 bridgehead atoms. The lowest BCUT2D eigenvalue weighted by Crippen LogP contribution is -1.89. The molecule has 0 saturated carbocycles. The van der Waals surface area contributed by atoms with Gasteiger partial charge in [-0.25, -0.2) is 4.98 Å². The molecule has 17 heavy (non-hydrogen) atoms. The monoisotopic (exact) mass is 262 g/mol. The molecule has 86 valence electrons. The topological polar surface area (TPSA) is 75.6 Å². The Hall–Kier alpha value is -1.58. The molecule has 0 aliphatic rings. The Bertz CT molecular complexity index is 571. The zero-order valence-corrected chi connectivity index (χ0v) is 10.8. The van der Waals surface area contributed by atoms with Crippen molar-refractivity contribution in [3.63, 3.8) is 0 Å². The summed E-state index contributed by atoms with van der Waals surface area (Å²) in [5.41, 5.74) is 6.75. The number of nitrogens with zero attached hydrogens (tertiary/aromatic N) is 3. The maximum atomic E-state index is 8.78. The van der Waals surface area contributed by atoms with Gasteiger partial charge in [-0.15, -0.1) is 0 Å². The molecule has 2 N–H and O–H groups in total. The van der Waals surface area contributed by atoms with Gasteiger partial charge in [0.25, 0.3) is 0 Å². The van der Waals surface area contributed by atoms with Crippen LogP contribution in [0.5, 0.6) is 0 Å². The Morgan fingerprint density at radius 1 is 1.53 bits per heavy atom. The van der Waals surface area contributed by atoms with Crippen LogP contribution in [-0.4, -0.2) is 9.36 Å². The van der Waals surface area contributed by atoms with Crippen molar-refractivity contribution in [3.05, 3.63) is 29.6 Å². The fourth-order valence-electron chi connectivity index (χ4n) is 1.23. The van der Waals surface area contributed by atoms with Crippen LogP contribution in [-0.2, 0) is 6.42 Å². The highest BCUT2D eigenvalue weighted by Gasteiger charge is 2.06. The van der Waals surface area contributed by atoms with Gasteiger partial charge < -0.3 is 5.73 Å². The zero-order valence-electron chi connectivity index (χ0n) is 9.17. The average Bonchev–Trinajstić information content (AvgIpc) is 2.77. The van der Waals surface area contributed by atoms with Crippen molar-refractivity contribution in [2.75, 3.05) is 5.73 Å². The van der Waals surface area contributed by atoms with E-state index in [2.05, 4.69) is 9.36 Å². The number of nitrogens with two attached hydrogens (primary N) is 1. The zero-order chi connectivity index (χ0) is 12.3. The first-order valence-electron chi connectivity index (χ1n) is 5.03. The molecule has 0 saturated heterocycles. The predicted octanol–water partition coefficient (Wildman–Crippen LogP) is 2.71. The van der Waals surface area contributed by atoms with Gasteiger partial charge in [0.15, 0.2) is 4.34 Å². The van der Waals surface area contributed by atoms with Gasteiger partial charge in [0.05, 0.1) is 11.3 Å². The van der Waals surface area contributed by atoms with Crippen molar-refractivity contribution < 1.29 is 0 Å². The molecule has 1 aromatic carbocycles. The van der Waals surface area contributed by atoms with Crippen LogP contribution in [0.2, 0.25) is 0 Å². The number of benzene rings is 1. The normalized spacial score (nSPS) is 10.1. The van der Waals surface area contributed by atoms with Crippen LogP contribution < -0.4 is 5.73 Å². The van der Waals surface area contributed by atoms with Gasteiger partial charge in [0.1, 0.15) is 11.9 Å². The number of nitriles is 1. The number of nitrogen functional groups attached to an aromatic ring is 1. The van der Waals surface area contributed by atoms with E-state index < -0.39 is 0 Å². The Labute approximate surface area is 108 Å². The fourth-order valence-corrected chi connectivity index (χ4v) is 2.95. The predicted molar refractivity (Wildman–Crippen MR) is 69.0 cm³/mol. The van der Waals surface area contributed by atoms with Gasteiger partial charge in [-0.3, -0.25) is 0 Å². The Kier molecular flexibility index (Phi) is 3.61. The molecule has 0 radical (unpaired) electrons. The van der Waals surface area contributed by atoms with E-state index in [1.165, 1.54) is 23.3 Å². The van der Waals surface area contributed by atoms with Crippen molar-refractivity contribution >= 4 is 29.0 Å². The maximum Gasteiger partial charge on any atom is 0.174 e. The van der Waals surface area contributed by atoms with Gasteiger partial charge in [0, 0.05) is 11.3 Å². The number of rotatable bonds is 3. The summed E-state index contributed by atoms with van der Waals surface area (Å²) in [6, 6.07) is 7.42. The highest BCUT2D eigenvalue weighted by atomic mass is 32.2. The lowest BCUT2D eigenvalue weighted by atomic mass is 10.2. The van der Waals surface area contributed by atoms with Gasteiger partial charge in [-0.05, 0) is 29.7 Å². The summed E-state index contributed by atoms with van der Waals surface area (Å²) in [7, 11) is 0. The van der Waals surface area contributed by atoms with Crippen LogP contribution in [0.3, 0.4) is 0 Å². The molecular formula is C11H10N4S2. The van der Waals surface area contributed by atoms with Crippen LogP contribution in [0.4, 0.5) is 5.69 Å². The van der Waals surface area contributed by atoms with Crippen LogP contribution in [0, 0.1) is 11.3 Å².